The molecule has 0 aliphatic carbocycles. The van der Waals surface area contributed by atoms with Gasteiger partial charge in [-0.05, 0) is 24.3 Å². The molecule has 0 N–H and O–H groups in total. The predicted molar refractivity (Wildman–Crippen MR) is 62.1 cm³/mol. The van der Waals surface area contributed by atoms with Gasteiger partial charge in [0.15, 0.2) is 0 Å². The van der Waals surface area contributed by atoms with E-state index in [-0.39, 0.29) is 0 Å². The van der Waals surface area contributed by atoms with E-state index in [1.807, 2.05) is 37.3 Å². The van der Waals surface area contributed by atoms with Crippen molar-refractivity contribution in [3.63, 3.8) is 0 Å². The molecule has 0 atom stereocenters. The van der Waals surface area contributed by atoms with Crippen molar-refractivity contribution >= 4 is 0 Å². The molecule has 0 aliphatic rings. The zero-order chi connectivity index (χ0) is 10.2. The summed E-state index contributed by atoms with van der Waals surface area (Å²) < 4.78 is 0. The third kappa shape index (κ3) is 4.51. The first-order valence-corrected chi connectivity index (χ1v) is 4.83. The Bertz CT molecular complexity index is 296. The van der Waals surface area contributed by atoms with Crippen LogP contribution in [0.25, 0.3) is 0 Å². The van der Waals surface area contributed by atoms with Gasteiger partial charge in [0.05, 0.1) is 0 Å². The van der Waals surface area contributed by atoms with Crippen molar-refractivity contribution in [2.75, 3.05) is 14.1 Å². The van der Waals surface area contributed by atoms with E-state index >= 15 is 0 Å². The van der Waals surface area contributed by atoms with Crippen LogP contribution in [0.3, 0.4) is 0 Å². The van der Waals surface area contributed by atoms with Crippen molar-refractivity contribution in [2.45, 2.75) is 6.42 Å². The maximum Gasteiger partial charge on any atom is 0.00556 e. The molecule has 0 aromatic heterocycles. The molecule has 0 heterocycles. The number of hydrogen-bond acceptors (Lipinski definition) is 1. The van der Waals surface area contributed by atoms with Gasteiger partial charge in [-0.2, -0.15) is 0 Å². The Morgan fingerprint density at radius 2 is 1.79 bits per heavy atom. The number of benzene rings is 1. The fourth-order valence-electron chi connectivity index (χ4n) is 1.12. The SMILES string of the molecule is CN(C)/C=C\C=C/Cc1ccccc1. The summed E-state index contributed by atoms with van der Waals surface area (Å²) in [5.41, 5.74) is 1.35. The molecule has 1 aromatic carbocycles. The first kappa shape index (κ1) is 10.6. The summed E-state index contributed by atoms with van der Waals surface area (Å²) in [5.74, 6) is 0. The summed E-state index contributed by atoms with van der Waals surface area (Å²) in [6.07, 6.45) is 9.31. The molecule has 74 valence electrons. The summed E-state index contributed by atoms with van der Waals surface area (Å²) in [6, 6.07) is 10.5. The van der Waals surface area contributed by atoms with E-state index in [2.05, 4.69) is 36.4 Å². The second-order valence-electron chi connectivity index (χ2n) is 3.42. The highest BCUT2D eigenvalue weighted by atomic mass is 15.0. The monoisotopic (exact) mass is 187 g/mol. The first-order chi connectivity index (χ1) is 6.79. The average Bonchev–Trinajstić information content (AvgIpc) is 2.18. The van der Waals surface area contributed by atoms with Crippen LogP contribution in [0.15, 0.2) is 54.8 Å². The fourth-order valence-corrected chi connectivity index (χ4v) is 1.12. The second-order valence-corrected chi connectivity index (χ2v) is 3.42. The summed E-state index contributed by atoms with van der Waals surface area (Å²) >= 11 is 0. The van der Waals surface area contributed by atoms with Crippen LogP contribution in [0, 0.1) is 0 Å². The van der Waals surface area contributed by atoms with Gasteiger partial charge in [0.1, 0.15) is 0 Å². The van der Waals surface area contributed by atoms with E-state index < -0.39 is 0 Å². The van der Waals surface area contributed by atoms with Crippen LogP contribution in [-0.4, -0.2) is 19.0 Å². The third-order valence-corrected chi connectivity index (χ3v) is 1.83. The van der Waals surface area contributed by atoms with E-state index in [0.29, 0.717) is 0 Å². The Morgan fingerprint density at radius 3 is 2.43 bits per heavy atom. The molecule has 0 radical (unpaired) electrons. The van der Waals surface area contributed by atoms with Gasteiger partial charge in [0.25, 0.3) is 0 Å². The normalized spacial score (nSPS) is 11.3. The summed E-state index contributed by atoms with van der Waals surface area (Å²) in [5, 5.41) is 0. The minimum Gasteiger partial charge on any atom is -0.383 e. The Kier molecular flexibility index (Phi) is 4.56. The van der Waals surface area contributed by atoms with Crippen LogP contribution >= 0.6 is 0 Å². The highest BCUT2D eigenvalue weighted by Gasteiger charge is 1.83. The van der Waals surface area contributed by atoms with Crippen molar-refractivity contribution in [3.8, 4) is 0 Å². The van der Waals surface area contributed by atoms with Crippen molar-refractivity contribution < 1.29 is 0 Å². The van der Waals surface area contributed by atoms with E-state index in [1.165, 1.54) is 5.56 Å². The molecule has 0 fully saturated rings. The van der Waals surface area contributed by atoms with E-state index in [0.717, 1.165) is 6.42 Å². The van der Waals surface area contributed by atoms with Crippen LogP contribution in [0.4, 0.5) is 0 Å². The molecule has 0 aliphatic heterocycles. The van der Waals surface area contributed by atoms with Crippen LogP contribution in [0.5, 0.6) is 0 Å². The first-order valence-electron chi connectivity index (χ1n) is 4.83. The molecular weight excluding hydrogens is 170 g/mol. The van der Waals surface area contributed by atoms with Gasteiger partial charge in [-0.25, -0.2) is 0 Å². The average molecular weight is 187 g/mol. The molecule has 0 saturated heterocycles. The molecular formula is C13H17N. The number of hydrogen-bond donors (Lipinski definition) is 0. The zero-order valence-corrected chi connectivity index (χ0v) is 8.85. The van der Waals surface area contributed by atoms with Gasteiger partial charge in [0, 0.05) is 14.1 Å². The maximum absolute atomic E-state index is 2.16. The topological polar surface area (TPSA) is 3.24 Å². The quantitative estimate of drug-likeness (QED) is 0.655. The summed E-state index contributed by atoms with van der Waals surface area (Å²) in [7, 11) is 4.03. The fraction of sp³-hybridized carbons (Fsp3) is 0.231. The molecule has 14 heavy (non-hydrogen) atoms. The minimum atomic E-state index is 0.999. The van der Waals surface area contributed by atoms with E-state index in [9.17, 15) is 0 Å². The van der Waals surface area contributed by atoms with Crippen molar-refractivity contribution in [1.82, 2.24) is 4.90 Å². The lowest BCUT2D eigenvalue weighted by atomic mass is 10.1. The van der Waals surface area contributed by atoms with Gasteiger partial charge in [-0.15, -0.1) is 0 Å². The Morgan fingerprint density at radius 1 is 1.07 bits per heavy atom. The molecule has 1 rings (SSSR count). The molecule has 0 amide bonds. The van der Waals surface area contributed by atoms with Gasteiger partial charge in [0.2, 0.25) is 0 Å². The highest BCUT2D eigenvalue weighted by molar-refractivity contribution is 5.18. The standard InChI is InChI=1S/C13H17N/c1-14(2)12-8-4-7-11-13-9-5-3-6-10-13/h3-10,12H,11H2,1-2H3/b7-4-,12-8-. The van der Waals surface area contributed by atoms with E-state index in [1.54, 1.807) is 0 Å². The molecule has 0 spiro atoms. The summed E-state index contributed by atoms with van der Waals surface area (Å²) in [6.45, 7) is 0. The lowest BCUT2D eigenvalue weighted by Gasteiger charge is -2.00. The minimum absolute atomic E-state index is 0.999. The largest absolute Gasteiger partial charge is 0.383 e. The van der Waals surface area contributed by atoms with Crippen molar-refractivity contribution in [3.05, 3.63) is 60.3 Å². The summed E-state index contributed by atoms with van der Waals surface area (Å²) in [4.78, 5) is 2.02. The number of nitrogens with zero attached hydrogens (tertiary/aromatic N) is 1. The van der Waals surface area contributed by atoms with E-state index in [4.69, 9.17) is 0 Å². The smallest absolute Gasteiger partial charge is 0.00556 e. The van der Waals surface area contributed by atoms with Crippen LogP contribution < -0.4 is 0 Å². The highest BCUT2D eigenvalue weighted by Crippen LogP contribution is 1.99. The van der Waals surface area contributed by atoms with Gasteiger partial charge < -0.3 is 4.90 Å². The lowest BCUT2D eigenvalue weighted by Crippen LogP contribution is -1.99. The number of rotatable bonds is 4. The predicted octanol–water partition coefficient (Wildman–Crippen LogP) is 2.86. The van der Waals surface area contributed by atoms with Crippen LogP contribution in [0.1, 0.15) is 5.56 Å². The van der Waals surface area contributed by atoms with Crippen LogP contribution in [-0.2, 0) is 6.42 Å². The van der Waals surface area contributed by atoms with Crippen molar-refractivity contribution in [1.29, 1.82) is 0 Å². The maximum atomic E-state index is 2.16. The van der Waals surface area contributed by atoms with Gasteiger partial charge in [-0.3, -0.25) is 0 Å². The molecule has 1 nitrogen and oxygen atoms in total. The molecule has 0 saturated carbocycles. The molecule has 0 bridgehead atoms. The zero-order valence-electron chi connectivity index (χ0n) is 8.85. The second kappa shape index (κ2) is 6.03. The Labute approximate surface area is 86.4 Å². The molecule has 1 heteroatoms. The van der Waals surface area contributed by atoms with Crippen LogP contribution in [0.2, 0.25) is 0 Å². The Balaban J connectivity index is 2.34. The van der Waals surface area contributed by atoms with Gasteiger partial charge in [-0.1, -0.05) is 42.5 Å². The molecule has 1 aromatic rings. The third-order valence-electron chi connectivity index (χ3n) is 1.83. The Hall–Kier alpha value is -1.50. The molecule has 0 unspecified atom stereocenters. The van der Waals surface area contributed by atoms with Gasteiger partial charge >= 0.3 is 0 Å². The van der Waals surface area contributed by atoms with Crippen molar-refractivity contribution in [2.24, 2.45) is 0 Å². The lowest BCUT2D eigenvalue weighted by molar-refractivity contribution is 0.564. The number of allylic oxidation sites excluding steroid dienone is 3.